The summed E-state index contributed by atoms with van der Waals surface area (Å²) in [6.45, 7) is 6.05. The maximum atomic E-state index is 12.0. The number of aromatic amines is 1. The van der Waals surface area contributed by atoms with Crippen molar-refractivity contribution in [3.8, 4) is 5.69 Å². The molecule has 0 aliphatic rings. The van der Waals surface area contributed by atoms with Crippen LogP contribution in [0.2, 0.25) is 0 Å². The van der Waals surface area contributed by atoms with Crippen molar-refractivity contribution in [3.05, 3.63) is 68.5 Å². The van der Waals surface area contributed by atoms with Crippen LogP contribution in [0, 0.1) is 6.92 Å². The Morgan fingerprint density at radius 3 is 2.71 bits per heavy atom. The highest BCUT2D eigenvalue weighted by Crippen LogP contribution is 2.17. The van der Waals surface area contributed by atoms with E-state index in [1.165, 1.54) is 16.8 Å². The summed E-state index contributed by atoms with van der Waals surface area (Å²) >= 11 is 0. The van der Waals surface area contributed by atoms with Crippen LogP contribution in [0.4, 0.5) is 0 Å². The van der Waals surface area contributed by atoms with Crippen molar-refractivity contribution >= 4 is 0 Å². The van der Waals surface area contributed by atoms with E-state index in [1.807, 2.05) is 26.8 Å². The zero-order chi connectivity index (χ0) is 17.3. The fourth-order valence-electron chi connectivity index (χ4n) is 2.33. The molecule has 3 rings (SSSR count). The van der Waals surface area contributed by atoms with Crippen molar-refractivity contribution in [1.29, 1.82) is 0 Å². The van der Waals surface area contributed by atoms with E-state index in [0.29, 0.717) is 11.6 Å². The second kappa shape index (κ2) is 6.23. The zero-order valence-electron chi connectivity index (χ0n) is 13.7. The summed E-state index contributed by atoms with van der Waals surface area (Å²) in [5.74, 6) is 1.38. The first-order valence-electron chi connectivity index (χ1n) is 7.62. The summed E-state index contributed by atoms with van der Waals surface area (Å²) < 4.78 is 2.92. The number of rotatable bonds is 4. The molecule has 124 valence electrons. The molecule has 3 aromatic heterocycles. The molecule has 8 heteroatoms. The van der Waals surface area contributed by atoms with Gasteiger partial charge in [-0.3, -0.25) is 19.7 Å². The minimum Gasteiger partial charge on any atom is -0.268 e. The maximum absolute atomic E-state index is 12.0. The van der Waals surface area contributed by atoms with Crippen LogP contribution in [0.25, 0.3) is 5.69 Å². The van der Waals surface area contributed by atoms with Gasteiger partial charge in [-0.05, 0) is 18.6 Å². The maximum Gasteiger partial charge on any atom is 0.265 e. The van der Waals surface area contributed by atoms with Gasteiger partial charge >= 0.3 is 0 Å². The van der Waals surface area contributed by atoms with Gasteiger partial charge in [0.1, 0.15) is 6.54 Å². The lowest BCUT2D eigenvalue weighted by Crippen LogP contribution is -2.29. The smallest absolute Gasteiger partial charge is 0.265 e. The molecule has 0 bridgehead atoms. The van der Waals surface area contributed by atoms with Gasteiger partial charge in [-0.15, -0.1) is 0 Å². The molecular formula is C16H18N6O2. The van der Waals surface area contributed by atoms with Crippen LogP contribution in [-0.4, -0.2) is 29.5 Å². The number of nitrogens with one attached hydrogen (secondary N) is 1. The van der Waals surface area contributed by atoms with Crippen molar-refractivity contribution in [3.63, 3.8) is 0 Å². The van der Waals surface area contributed by atoms with Crippen LogP contribution < -0.4 is 11.1 Å². The van der Waals surface area contributed by atoms with Gasteiger partial charge in [0.2, 0.25) is 0 Å². The van der Waals surface area contributed by atoms with Crippen LogP contribution in [-0.2, 0) is 6.54 Å². The minimum atomic E-state index is -0.343. The fourth-order valence-corrected chi connectivity index (χ4v) is 2.33. The quantitative estimate of drug-likeness (QED) is 0.771. The summed E-state index contributed by atoms with van der Waals surface area (Å²) in [6.07, 6.45) is 3.42. The van der Waals surface area contributed by atoms with Crippen molar-refractivity contribution in [1.82, 2.24) is 29.5 Å². The molecule has 1 N–H and O–H groups in total. The van der Waals surface area contributed by atoms with Crippen LogP contribution >= 0.6 is 0 Å². The van der Waals surface area contributed by atoms with E-state index in [0.717, 1.165) is 11.3 Å². The molecule has 0 saturated carbocycles. The Hall–Kier alpha value is -3.03. The van der Waals surface area contributed by atoms with Gasteiger partial charge in [0.25, 0.3) is 11.1 Å². The molecule has 0 aromatic carbocycles. The molecule has 0 amide bonds. The van der Waals surface area contributed by atoms with Crippen LogP contribution in [0.3, 0.4) is 0 Å². The van der Waals surface area contributed by atoms with Crippen molar-refractivity contribution < 1.29 is 0 Å². The number of nitrogens with zero attached hydrogens (tertiary/aromatic N) is 5. The largest absolute Gasteiger partial charge is 0.268 e. The average molecular weight is 326 g/mol. The van der Waals surface area contributed by atoms with E-state index >= 15 is 0 Å². The number of H-pyrrole nitrogens is 1. The van der Waals surface area contributed by atoms with Gasteiger partial charge in [-0.25, -0.2) is 14.3 Å². The van der Waals surface area contributed by atoms with E-state index in [2.05, 4.69) is 20.2 Å². The monoisotopic (exact) mass is 326 g/mol. The highest BCUT2D eigenvalue weighted by molar-refractivity contribution is 5.37. The summed E-state index contributed by atoms with van der Waals surface area (Å²) in [4.78, 5) is 32.1. The van der Waals surface area contributed by atoms with Crippen molar-refractivity contribution in [2.75, 3.05) is 0 Å². The zero-order valence-corrected chi connectivity index (χ0v) is 13.7. The standard InChI is InChI=1S/C16H18N6O2/c1-10(2)16-18-13(9-21-15(24)5-4-14(23)19-21)22(20-16)12-6-7-17-8-11(12)3/h4-8,10H,9H2,1-3H3,(H,19,23). The van der Waals surface area contributed by atoms with Gasteiger partial charge < -0.3 is 0 Å². The molecule has 0 spiro atoms. The summed E-state index contributed by atoms with van der Waals surface area (Å²) in [5, 5.41) is 7.07. The molecule has 8 nitrogen and oxygen atoms in total. The average Bonchev–Trinajstić information content (AvgIpc) is 2.95. The first-order chi connectivity index (χ1) is 11.5. The number of pyridine rings is 1. The Morgan fingerprint density at radius 1 is 1.21 bits per heavy atom. The molecule has 0 fully saturated rings. The van der Waals surface area contributed by atoms with E-state index < -0.39 is 0 Å². The summed E-state index contributed by atoms with van der Waals surface area (Å²) in [5.41, 5.74) is 1.13. The van der Waals surface area contributed by atoms with Gasteiger partial charge in [0.15, 0.2) is 11.6 Å². The Kier molecular flexibility index (Phi) is 4.11. The predicted molar refractivity (Wildman–Crippen MR) is 88.4 cm³/mol. The molecule has 0 unspecified atom stereocenters. The molecular weight excluding hydrogens is 308 g/mol. The molecule has 0 radical (unpaired) electrons. The van der Waals surface area contributed by atoms with Gasteiger partial charge in [0.05, 0.1) is 5.69 Å². The first-order valence-corrected chi connectivity index (χ1v) is 7.62. The van der Waals surface area contributed by atoms with Gasteiger partial charge in [-0.2, -0.15) is 5.10 Å². The SMILES string of the molecule is Cc1cnccc1-n1nc(C(C)C)nc1Cn1[nH]c(=O)ccc1=O. The highest BCUT2D eigenvalue weighted by Gasteiger charge is 2.16. The Balaban J connectivity index is 2.13. The predicted octanol–water partition coefficient (Wildman–Crippen LogP) is 0.992. The highest BCUT2D eigenvalue weighted by atomic mass is 16.1. The van der Waals surface area contributed by atoms with Crippen LogP contribution in [0.1, 0.15) is 37.0 Å². The summed E-state index contributed by atoms with van der Waals surface area (Å²) in [6, 6.07) is 4.28. The molecule has 3 heterocycles. The third-order valence-corrected chi connectivity index (χ3v) is 3.61. The van der Waals surface area contributed by atoms with E-state index in [-0.39, 0.29) is 23.6 Å². The third-order valence-electron chi connectivity index (χ3n) is 3.61. The normalized spacial score (nSPS) is 11.2. The van der Waals surface area contributed by atoms with Crippen molar-refractivity contribution in [2.24, 2.45) is 0 Å². The second-order valence-electron chi connectivity index (χ2n) is 5.85. The topological polar surface area (TPSA) is 98.5 Å². The minimum absolute atomic E-state index is 0.121. The lowest BCUT2D eigenvalue weighted by molar-refractivity contribution is 0.590. The number of aryl methyl sites for hydroxylation is 1. The van der Waals surface area contributed by atoms with Gasteiger partial charge in [-0.1, -0.05) is 13.8 Å². The number of aromatic nitrogens is 6. The van der Waals surface area contributed by atoms with Crippen LogP contribution in [0.15, 0.2) is 40.2 Å². The second-order valence-corrected chi connectivity index (χ2v) is 5.85. The van der Waals surface area contributed by atoms with Crippen LogP contribution in [0.5, 0.6) is 0 Å². The fraction of sp³-hybridized carbons (Fsp3) is 0.312. The third kappa shape index (κ3) is 3.03. The lowest BCUT2D eigenvalue weighted by atomic mass is 10.2. The van der Waals surface area contributed by atoms with E-state index in [1.54, 1.807) is 17.1 Å². The Labute approximate surface area is 137 Å². The number of hydrogen-bond donors (Lipinski definition) is 1. The van der Waals surface area contributed by atoms with E-state index in [4.69, 9.17) is 0 Å². The molecule has 3 aromatic rings. The Bertz CT molecular complexity index is 982. The van der Waals surface area contributed by atoms with E-state index in [9.17, 15) is 9.59 Å². The molecule has 24 heavy (non-hydrogen) atoms. The Morgan fingerprint density at radius 2 is 2.00 bits per heavy atom. The summed E-state index contributed by atoms with van der Waals surface area (Å²) in [7, 11) is 0. The van der Waals surface area contributed by atoms with Gasteiger partial charge in [0, 0.05) is 30.4 Å². The lowest BCUT2D eigenvalue weighted by Gasteiger charge is -2.09. The number of hydrogen-bond acceptors (Lipinski definition) is 5. The first kappa shape index (κ1) is 15.9. The molecule has 0 atom stereocenters. The molecule has 0 aliphatic heterocycles. The molecule has 0 saturated heterocycles. The molecule has 0 aliphatic carbocycles. The van der Waals surface area contributed by atoms with Crippen molar-refractivity contribution in [2.45, 2.75) is 33.2 Å².